The van der Waals surface area contributed by atoms with Gasteiger partial charge in [0, 0.05) is 24.1 Å². The Morgan fingerprint density at radius 2 is 1.51 bits per heavy atom. The number of halogens is 3. The van der Waals surface area contributed by atoms with Gasteiger partial charge >= 0.3 is 6.18 Å². The van der Waals surface area contributed by atoms with E-state index in [-0.39, 0.29) is 22.8 Å². The van der Waals surface area contributed by atoms with Gasteiger partial charge in [-0.2, -0.15) is 18.0 Å². The molecule has 1 N–H and O–H groups in total. The molecule has 1 atom stereocenters. The van der Waals surface area contributed by atoms with Crippen molar-refractivity contribution in [2.24, 2.45) is 0 Å². The Morgan fingerprint density at radius 3 is 2.09 bits per heavy atom. The van der Waals surface area contributed by atoms with Gasteiger partial charge in [0.1, 0.15) is 17.7 Å². The third kappa shape index (κ3) is 9.39. The fourth-order valence-electron chi connectivity index (χ4n) is 6.61. The molecule has 0 bridgehead atoms. The molecule has 0 radical (unpaired) electrons. The van der Waals surface area contributed by atoms with E-state index in [0.717, 1.165) is 67.1 Å². The standard InChI is InChI=1S/C40H45F3N6O3S/c1-5-6-36(52-4)48(25-27-7-15-32(50-2)16-8-27)53-38-35(40(41,42)43)20-19-34(31-13-11-29(12-14-31)30-21-23-44-24-22-30)37(38)39-45-47-49(46-39)26-28-9-17-33(51-3)18-10-28/h7-20,30,36,44H,5-6,21-26H2,1-4H3. The molecule has 0 spiro atoms. The number of benzene rings is 4. The lowest BCUT2D eigenvalue weighted by atomic mass is 9.88. The van der Waals surface area contributed by atoms with Gasteiger partial charge in [0.05, 0.1) is 26.3 Å². The first kappa shape index (κ1) is 38.3. The van der Waals surface area contributed by atoms with Crippen molar-refractivity contribution in [3.05, 3.63) is 107 Å². The number of hydrogen-bond acceptors (Lipinski definition) is 9. The summed E-state index contributed by atoms with van der Waals surface area (Å²) in [5, 5.41) is 16.8. The molecular formula is C40H45F3N6O3S. The van der Waals surface area contributed by atoms with Crippen molar-refractivity contribution in [1.29, 1.82) is 0 Å². The zero-order valence-electron chi connectivity index (χ0n) is 30.4. The Hall–Kier alpha value is -4.43. The van der Waals surface area contributed by atoms with Crippen molar-refractivity contribution in [3.8, 4) is 34.0 Å². The number of nitrogens with one attached hydrogen (secondary N) is 1. The molecule has 6 rings (SSSR count). The number of tetrazole rings is 1. The summed E-state index contributed by atoms with van der Waals surface area (Å²) in [6.45, 7) is 4.51. The first-order chi connectivity index (χ1) is 25.7. The molecular weight excluding hydrogens is 702 g/mol. The van der Waals surface area contributed by atoms with Crippen LogP contribution in [0, 0.1) is 0 Å². The Bertz CT molecular complexity index is 1910. The van der Waals surface area contributed by atoms with Gasteiger partial charge in [0.25, 0.3) is 0 Å². The second-order valence-electron chi connectivity index (χ2n) is 13.0. The average Bonchev–Trinajstić information content (AvgIpc) is 3.65. The van der Waals surface area contributed by atoms with Crippen molar-refractivity contribution in [3.63, 3.8) is 0 Å². The van der Waals surface area contributed by atoms with E-state index in [9.17, 15) is 0 Å². The topological polar surface area (TPSA) is 86.6 Å². The number of rotatable bonds is 15. The van der Waals surface area contributed by atoms with Crippen LogP contribution in [0.25, 0.3) is 22.5 Å². The third-order valence-electron chi connectivity index (χ3n) is 9.49. The van der Waals surface area contributed by atoms with E-state index in [0.29, 0.717) is 35.9 Å². The fourth-order valence-corrected chi connectivity index (χ4v) is 7.94. The molecule has 13 heteroatoms. The van der Waals surface area contributed by atoms with Crippen LogP contribution in [0.4, 0.5) is 13.2 Å². The van der Waals surface area contributed by atoms with E-state index in [4.69, 9.17) is 19.3 Å². The summed E-state index contributed by atoms with van der Waals surface area (Å²) in [6, 6.07) is 25.8. The first-order valence-corrected chi connectivity index (χ1v) is 18.5. The Balaban J connectivity index is 1.48. The van der Waals surface area contributed by atoms with Crippen LogP contribution in [0.2, 0.25) is 0 Å². The van der Waals surface area contributed by atoms with E-state index in [1.54, 1.807) is 21.3 Å². The van der Waals surface area contributed by atoms with E-state index >= 15 is 13.2 Å². The molecule has 1 saturated heterocycles. The molecule has 5 aromatic rings. The second-order valence-corrected chi connectivity index (χ2v) is 14.1. The van der Waals surface area contributed by atoms with Gasteiger partial charge in [-0.3, -0.25) is 0 Å². The average molecular weight is 747 g/mol. The smallest absolute Gasteiger partial charge is 0.417 e. The Labute approximate surface area is 313 Å². The number of nitrogens with zero attached hydrogens (tertiary/aromatic N) is 5. The maximum absolute atomic E-state index is 15.1. The minimum atomic E-state index is -4.67. The third-order valence-corrected chi connectivity index (χ3v) is 10.7. The van der Waals surface area contributed by atoms with Crippen molar-refractivity contribution in [2.45, 2.75) is 68.9 Å². The molecule has 1 fully saturated rings. The summed E-state index contributed by atoms with van der Waals surface area (Å²) >= 11 is 1.01. The minimum absolute atomic E-state index is 0.0203. The highest BCUT2D eigenvalue weighted by atomic mass is 32.2. The number of ether oxygens (including phenoxy) is 3. The van der Waals surface area contributed by atoms with Crippen LogP contribution in [0.5, 0.6) is 11.5 Å². The summed E-state index contributed by atoms with van der Waals surface area (Å²) in [4.78, 5) is 1.38. The van der Waals surface area contributed by atoms with Crippen LogP contribution >= 0.6 is 11.9 Å². The zero-order valence-corrected chi connectivity index (χ0v) is 31.2. The predicted octanol–water partition coefficient (Wildman–Crippen LogP) is 8.84. The minimum Gasteiger partial charge on any atom is -0.497 e. The van der Waals surface area contributed by atoms with Crippen molar-refractivity contribution >= 4 is 11.9 Å². The van der Waals surface area contributed by atoms with Crippen LogP contribution in [-0.4, -0.2) is 65.2 Å². The number of methoxy groups -OCH3 is 3. The lowest BCUT2D eigenvalue weighted by Gasteiger charge is -2.31. The molecule has 1 unspecified atom stereocenters. The van der Waals surface area contributed by atoms with Crippen LogP contribution in [0.1, 0.15) is 60.8 Å². The normalized spacial score (nSPS) is 14.4. The Morgan fingerprint density at radius 1 is 0.868 bits per heavy atom. The van der Waals surface area contributed by atoms with Crippen LogP contribution < -0.4 is 14.8 Å². The molecule has 1 aromatic heterocycles. The van der Waals surface area contributed by atoms with Crippen LogP contribution in [0.3, 0.4) is 0 Å². The van der Waals surface area contributed by atoms with Gasteiger partial charge in [-0.1, -0.05) is 67.9 Å². The quantitative estimate of drug-likeness (QED) is 0.0835. The Kier molecular flexibility index (Phi) is 12.7. The van der Waals surface area contributed by atoms with Gasteiger partial charge in [-0.25, -0.2) is 4.31 Å². The van der Waals surface area contributed by atoms with Crippen molar-refractivity contribution in [1.82, 2.24) is 29.8 Å². The fraction of sp³-hybridized carbons (Fsp3) is 0.375. The van der Waals surface area contributed by atoms with Crippen molar-refractivity contribution in [2.75, 3.05) is 34.4 Å². The monoisotopic (exact) mass is 746 g/mol. The summed E-state index contributed by atoms with van der Waals surface area (Å²) in [5.74, 6) is 1.92. The zero-order chi connectivity index (χ0) is 37.4. The van der Waals surface area contributed by atoms with E-state index < -0.39 is 18.0 Å². The number of alkyl halides is 3. The second kappa shape index (κ2) is 17.6. The maximum atomic E-state index is 15.1. The highest BCUT2D eigenvalue weighted by Gasteiger charge is 2.38. The number of piperidine rings is 1. The highest BCUT2D eigenvalue weighted by Crippen LogP contribution is 2.48. The number of aromatic nitrogens is 4. The molecule has 0 aliphatic carbocycles. The molecule has 0 amide bonds. The van der Waals surface area contributed by atoms with E-state index in [1.807, 2.05) is 71.9 Å². The molecule has 9 nitrogen and oxygen atoms in total. The summed E-state index contributed by atoms with van der Waals surface area (Å²) in [5.41, 5.74) is 3.80. The van der Waals surface area contributed by atoms with Crippen LogP contribution in [-0.2, 0) is 24.0 Å². The highest BCUT2D eigenvalue weighted by molar-refractivity contribution is 7.97. The molecule has 53 heavy (non-hydrogen) atoms. The molecule has 1 aliphatic heterocycles. The maximum Gasteiger partial charge on any atom is 0.417 e. The van der Waals surface area contributed by atoms with Gasteiger partial charge in [-0.05, 0) is 114 Å². The van der Waals surface area contributed by atoms with Gasteiger partial charge in [0.15, 0.2) is 0 Å². The van der Waals surface area contributed by atoms with Crippen LogP contribution in [0.15, 0.2) is 89.8 Å². The van der Waals surface area contributed by atoms with E-state index in [1.165, 1.54) is 16.4 Å². The summed E-state index contributed by atoms with van der Waals surface area (Å²) in [7, 11) is 4.77. The van der Waals surface area contributed by atoms with Crippen molar-refractivity contribution < 1.29 is 27.4 Å². The largest absolute Gasteiger partial charge is 0.497 e. The molecule has 280 valence electrons. The lowest BCUT2D eigenvalue weighted by molar-refractivity contribution is -0.139. The molecule has 1 aliphatic rings. The lowest BCUT2D eigenvalue weighted by Crippen LogP contribution is -2.31. The first-order valence-electron chi connectivity index (χ1n) is 17.8. The molecule has 4 aromatic carbocycles. The SMILES string of the molecule is CCCC(OC)N(Cc1ccc(OC)cc1)Sc1c(C(F)(F)F)ccc(-c2ccc(C3CCNCC3)cc2)c1-c1nnn(Cc2ccc(OC)cc2)n1. The van der Waals surface area contributed by atoms with Gasteiger partial charge in [-0.15, -0.1) is 10.2 Å². The predicted molar refractivity (Wildman–Crippen MR) is 201 cm³/mol. The molecule has 2 heterocycles. The van der Waals surface area contributed by atoms with Gasteiger partial charge in [0.2, 0.25) is 5.82 Å². The molecule has 0 saturated carbocycles. The van der Waals surface area contributed by atoms with Gasteiger partial charge < -0.3 is 19.5 Å². The summed E-state index contributed by atoms with van der Waals surface area (Å²) in [6.07, 6.45) is -1.73. The summed E-state index contributed by atoms with van der Waals surface area (Å²) < 4.78 is 63.8. The number of hydrogen-bond donors (Lipinski definition) is 1. The van der Waals surface area contributed by atoms with E-state index in [2.05, 4.69) is 27.8 Å².